The van der Waals surface area contributed by atoms with E-state index < -0.39 is 0 Å². The second kappa shape index (κ2) is 2.81. The summed E-state index contributed by atoms with van der Waals surface area (Å²) >= 11 is 0. The van der Waals surface area contributed by atoms with Gasteiger partial charge in [-0.15, -0.1) is 10.2 Å². The van der Waals surface area contributed by atoms with Gasteiger partial charge in [-0.05, 0) is 11.6 Å². The third-order valence-corrected chi connectivity index (χ3v) is 1.50. The summed E-state index contributed by atoms with van der Waals surface area (Å²) in [6.07, 6.45) is 3.93. The standard InChI is InChI=1S/C8H8N2O2/c1-6-9-10-8(12-6)4-7-2-3-11-5-7/h2-3,5H,4H2,1H3. The molecule has 0 unspecified atom stereocenters. The highest BCUT2D eigenvalue weighted by Crippen LogP contribution is 2.07. The van der Waals surface area contributed by atoms with Crippen molar-refractivity contribution in [1.82, 2.24) is 10.2 Å². The molecular formula is C8H8N2O2. The molecule has 0 fully saturated rings. The van der Waals surface area contributed by atoms with Gasteiger partial charge in [0.05, 0.1) is 18.9 Å². The van der Waals surface area contributed by atoms with Gasteiger partial charge >= 0.3 is 0 Å². The summed E-state index contributed by atoms with van der Waals surface area (Å²) < 4.78 is 10.1. The van der Waals surface area contributed by atoms with E-state index in [2.05, 4.69) is 10.2 Å². The number of aryl methyl sites for hydroxylation is 1. The van der Waals surface area contributed by atoms with Crippen molar-refractivity contribution < 1.29 is 8.83 Å². The Bertz CT molecular complexity index is 351. The van der Waals surface area contributed by atoms with Crippen molar-refractivity contribution >= 4 is 0 Å². The third kappa shape index (κ3) is 1.37. The molecule has 4 nitrogen and oxygen atoms in total. The van der Waals surface area contributed by atoms with E-state index in [1.54, 1.807) is 19.5 Å². The van der Waals surface area contributed by atoms with Gasteiger partial charge in [0.2, 0.25) is 11.8 Å². The maximum atomic E-state index is 5.19. The summed E-state index contributed by atoms with van der Waals surface area (Å²) in [7, 11) is 0. The lowest BCUT2D eigenvalue weighted by Crippen LogP contribution is -1.84. The first-order chi connectivity index (χ1) is 5.84. The number of hydrogen-bond donors (Lipinski definition) is 0. The Morgan fingerprint density at radius 3 is 2.92 bits per heavy atom. The van der Waals surface area contributed by atoms with Gasteiger partial charge in [-0.25, -0.2) is 0 Å². The lowest BCUT2D eigenvalue weighted by Gasteiger charge is -1.86. The summed E-state index contributed by atoms with van der Waals surface area (Å²) in [5.74, 6) is 1.21. The molecule has 0 aliphatic rings. The van der Waals surface area contributed by atoms with Crippen molar-refractivity contribution in [2.75, 3.05) is 0 Å². The van der Waals surface area contributed by atoms with Gasteiger partial charge in [-0.3, -0.25) is 0 Å². The lowest BCUT2D eigenvalue weighted by atomic mass is 10.2. The molecule has 4 heteroatoms. The van der Waals surface area contributed by atoms with Gasteiger partial charge in [0, 0.05) is 6.92 Å². The molecule has 0 radical (unpaired) electrons. The Kier molecular flexibility index (Phi) is 1.66. The topological polar surface area (TPSA) is 52.1 Å². The van der Waals surface area contributed by atoms with Crippen molar-refractivity contribution in [1.29, 1.82) is 0 Å². The summed E-state index contributed by atoms with van der Waals surface area (Å²) in [5, 5.41) is 7.58. The first-order valence-electron chi connectivity index (χ1n) is 3.64. The monoisotopic (exact) mass is 164 g/mol. The molecule has 2 aromatic rings. The van der Waals surface area contributed by atoms with Crippen LogP contribution < -0.4 is 0 Å². The van der Waals surface area contributed by atoms with E-state index in [0.717, 1.165) is 5.56 Å². The molecule has 62 valence electrons. The molecule has 0 N–H and O–H groups in total. The zero-order valence-corrected chi connectivity index (χ0v) is 6.65. The molecule has 2 aromatic heterocycles. The van der Waals surface area contributed by atoms with Gasteiger partial charge in [-0.2, -0.15) is 0 Å². The van der Waals surface area contributed by atoms with Crippen LogP contribution in [0.3, 0.4) is 0 Å². The summed E-state index contributed by atoms with van der Waals surface area (Å²) in [6.45, 7) is 1.77. The summed E-state index contributed by atoms with van der Waals surface area (Å²) in [4.78, 5) is 0. The number of rotatable bonds is 2. The van der Waals surface area contributed by atoms with Crippen LogP contribution in [0.15, 0.2) is 27.4 Å². The van der Waals surface area contributed by atoms with Crippen LogP contribution in [0.5, 0.6) is 0 Å². The normalized spacial score (nSPS) is 10.4. The van der Waals surface area contributed by atoms with Crippen molar-refractivity contribution in [3.8, 4) is 0 Å². The number of hydrogen-bond acceptors (Lipinski definition) is 4. The van der Waals surface area contributed by atoms with E-state index in [0.29, 0.717) is 18.2 Å². The first-order valence-corrected chi connectivity index (χ1v) is 3.64. The number of nitrogens with zero attached hydrogens (tertiary/aromatic N) is 2. The Morgan fingerprint density at radius 1 is 1.42 bits per heavy atom. The Morgan fingerprint density at radius 2 is 2.33 bits per heavy atom. The van der Waals surface area contributed by atoms with E-state index in [4.69, 9.17) is 8.83 Å². The molecule has 0 aliphatic carbocycles. The lowest BCUT2D eigenvalue weighted by molar-refractivity contribution is 0.476. The number of furan rings is 1. The van der Waals surface area contributed by atoms with Gasteiger partial charge in [0.1, 0.15) is 0 Å². The molecule has 0 atom stereocenters. The fourth-order valence-electron chi connectivity index (χ4n) is 0.977. The van der Waals surface area contributed by atoms with Gasteiger partial charge in [0.15, 0.2) is 0 Å². The maximum absolute atomic E-state index is 5.19. The van der Waals surface area contributed by atoms with Crippen LogP contribution in [0.25, 0.3) is 0 Å². The zero-order chi connectivity index (χ0) is 8.39. The van der Waals surface area contributed by atoms with Crippen molar-refractivity contribution in [3.05, 3.63) is 35.9 Å². The van der Waals surface area contributed by atoms with Crippen molar-refractivity contribution in [3.63, 3.8) is 0 Å². The average molecular weight is 164 g/mol. The predicted molar refractivity (Wildman–Crippen MR) is 40.5 cm³/mol. The summed E-state index contributed by atoms with van der Waals surface area (Å²) in [5.41, 5.74) is 1.04. The minimum Gasteiger partial charge on any atom is -0.472 e. The predicted octanol–water partition coefficient (Wildman–Crippen LogP) is 1.56. The average Bonchev–Trinajstić information content (AvgIpc) is 2.63. The van der Waals surface area contributed by atoms with Crippen LogP contribution in [-0.2, 0) is 6.42 Å². The molecule has 12 heavy (non-hydrogen) atoms. The molecule has 0 saturated heterocycles. The van der Waals surface area contributed by atoms with E-state index in [1.165, 1.54) is 0 Å². The Labute approximate surface area is 69.2 Å². The summed E-state index contributed by atoms with van der Waals surface area (Å²) in [6, 6.07) is 1.87. The molecule has 0 amide bonds. The minimum absolute atomic E-state index is 0.591. The zero-order valence-electron chi connectivity index (χ0n) is 6.65. The Balaban J connectivity index is 2.14. The first kappa shape index (κ1) is 7.09. The molecule has 2 heterocycles. The quantitative estimate of drug-likeness (QED) is 0.675. The van der Waals surface area contributed by atoms with E-state index in [-0.39, 0.29) is 0 Å². The minimum atomic E-state index is 0.591. The van der Waals surface area contributed by atoms with E-state index in [9.17, 15) is 0 Å². The molecular weight excluding hydrogens is 156 g/mol. The second-order valence-electron chi connectivity index (χ2n) is 2.52. The van der Waals surface area contributed by atoms with Crippen LogP contribution in [-0.4, -0.2) is 10.2 Å². The van der Waals surface area contributed by atoms with Crippen molar-refractivity contribution in [2.24, 2.45) is 0 Å². The van der Waals surface area contributed by atoms with Crippen molar-refractivity contribution in [2.45, 2.75) is 13.3 Å². The largest absolute Gasteiger partial charge is 0.472 e. The van der Waals surface area contributed by atoms with Crippen LogP contribution in [0.1, 0.15) is 17.3 Å². The Hall–Kier alpha value is -1.58. The molecule has 0 aromatic carbocycles. The fraction of sp³-hybridized carbons (Fsp3) is 0.250. The van der Waals surface area contributed by atoms with Crippen LogP contribution in [0.4, 0.5) is 0 Å². The molecule has 2 rings (SSSR count). The highest BCUT2D eigenvalue weighted by Gasteiger charge is 2.03. The van der Waals surface area contributed by atoms with Gasteiger partial charge in [-0.1, -0.05) is 0 Å². The highest BCUT2D eigenvalue weighted by molar-refractivity contribution is 5.10. The molecule has 0 aliphatic heterocycles. The smallest absolute Gasteiger partial charge is 0.221 e. The SMILES string of the molecule is Cc1nnc(Cc2ccoc2)o1. The second-order valence-corrected chi connectivity index (χ2v) is 2.52. The number of aromatic nitrogens is 2. The van der Waals surface area contributed by atoms with Crippen LogP contribution in [0, 0.1) is 6.92 Å². The van der Waals surface area contributed by atoms with Crippen LogP contribution in [0.2, 0.25) is 0 Å². The van der Waals surface area contributed by atoms with E-state index >= 15 is 0 Å². The fourth-order valence-corrected chi connectivity index (χ4v) is 0.977. The van der Waals surface area contributed by atoms with E-state index in [1.807, 2.05) is 6.07 Å². The highest BCUT2D eigenvalue weighted by atomic mass is 16.4. The van der Waals surface area contributed by atoms with Gasteiger partial charge < -0.3 is 8.83 Å². The van der Waals surface area contributed by atoms with Gasteiger partial charge in [0.25, 0.3) is 0 Å². The van der Waals surface area contributed by atoms with Crippen LogP contribution >= 0.6 is 0 Å². The maximum Gasteiger partial charge on any atom is 0.221 e. The molecule has 0 saturated carbocycles. The molecule has 0 spiro atoms. The molecule has 0 bridgehead atoms. The third-order valence-electron chi connectivity index (χ3n) is 1.50.